The number of piperidine rings is 1. The average molecular weight is 535 g/mol. The van der Waals surface area contributed by atoms with Crippen molar-refractivity contribution in [2.24, 2.45) is 0 Å². The fraction of sp³-hybridized carbons (Fsp3) is 0.484. The van der Waals surface area contributed by atoms with Crippen LogP contribution < -0.4 is 9.47 Å². The van der Waals surface area contributed by atoms with Gasteiger partial charge in [0.2, 0.25) is 6.10 Å². The number of aromatic hydroxyl groups is 1. The lowest BCUT2D eigenvalue weighted by Crippen LogP contribution is -2.48. The Balaban J connectivity index is 1.29. The van der Waals surface area contributed by atoms with Gasteiger partial charge in [-0.1, -0.05) is 53.7 Å². The molecule has 1 saturated heterocycles. The number of thiazole rings is 1. The molecule has 1 amide bonds. The van der Waals surface area contributed by atoms with Crippen LogP contribution in [0.2, 0.25) is 0 Å². The Morgan fingerprint density at radius 2 is 1.61 bits per heavy atom. The van der Waals surface area contributed by atoms with Gasteiger partial charge < -0.3 is 19.5 Å². The van der Waals surface area contributed by atoms with Gasteiger partial charge in [-0.2, -0.15) is 0 Å². The average Bonchev–Trinajstić information content (AvgIpc) is 3.37. The van der Waals surface area contributed by atoms with E-state index in [1.165, 1.54) is 0 Å². The van der Waals surface area contributed by atoms with Crippen molar-refractivity contribution in [3.05, 3.63) is 57.9 Å². The lowest BCUT2D eigenvalue weighted by molar-refractivity contribution is -0.142. The highest BCUT2D eigenvalue weighted by molar-refractivity contribution is 7.10. The summed E-state index contributed by atoms with van der Waals surface area (Å²) in [4.78, 5) is 20.1. The molecule has 2 aliphatic rings. The van der Waals surface area contributed by atoms with Crippen molar-refractivity contribution in [3.8, 4) is 28.5 Å². The molecule has 7 heteroatoms. The second-order valence-corrected chi connectivity index (χ2v) is 13.3. The predicted molar refractivity (Wildman–Crippen MR) is 152 cm³/mol. The number of fused-ring (bicyclic) bond motifs is 1. The van der Waals surface area contributed by atoms with Gasteiger partial charge >= 0.3 is 0 Å². The van der Waals surface area contributed by atoms with E-state index in [0.717, 1.165) is 40.2 Å². The Morgan fingerprint density at radius 1 is 1.00 bits per heavy atom. The first-order chi connectivity index (χ1) is 17.9. The molecule has 0 spiro atoms. The minimum Gasteiger partial charge on any atom is -0.507 e. The van der Waals surface area contributed by atoms with E-state index < -0.39 is 6.10 Å². The van der Waals surface area contributed by atoms with Gasteiger partial charge in [0, 0.05) is 41.1 Å². The standard InChI is InChI=1S/C31H38N2O4S/c1-30(2,3)21-15-20(16-22(27(21)34)31(4,5)6)23-18-38-28(32-23)19-11-13-33(14-12-19)29(35)26-17-36-24-9-7-8-10-25(24)37-26/h7-10,15-16,18-19,26,34H,11-14,17H2,1-6H3. The van der Waals surface area contributed by atoms with Gasteiger partial charge in [-0.3, -0.25) is 4.79 Å². The lowest BCUT2D eigenvalue weighted by Gasteiger charge is -2.34. The molecule has 0 bridgehead atoms. The number of hydrogen-bond donors (Lipinski definition) is 1. The van der Waals surface area contributed by atoms with E-state index >= 15 is 0 Å². The molecule has 1 unspecified atom stereocenters. The van der Waals surface area contributed by atoms with Crippen LogP contribution in [0, 0.1) is 0 Å². The van der Waals surface area contributed by atoms with E-state index in [1.807, 2.05) is 29.2 Å². The number of aromatic nitrogens is 1. The summed E-state index contributed by atoms with van der Waals surface area (Å²) in [7, 11) is 0. The Kier molecular flexibility index (Phi) is 6.93. The zero-order chi connectivity index (χ0) is 27.2. The molecule has 202 valence electrons. The van der Waals surface area contributed by atoms with Crippen molar-refractivity contribution >= 4 is 17.2 Å². The number of amides is 1. The number of ether oxygens (including phenoxy) is 2. The summed E-state index contributed by atoms with van der Waals surface area (Å²) in [6.45, 7) is 14.4. The molecule has 5 rings (SSSR count). The minimum absolute atomic E-state index is 0.00806. The van der Waals surface area contributed by atoms with Crippen molar-refractivity contribution < 1.29 is 19.4 Å². The van der Waals surface area contributed by atoms with Gasteiger partial charge in [0.1, 0.15) is 12.4 Å². The van der Waals surface area contributed by atoms with Crippen LogP contribution in [0.1, 0.15) is 76.4 Å². The van der Waals surface area contributed by atoms with Crippen molar-refractivity contribution in [1.29, 1.82) is 0 Å². The summed E-state index contributed by atoms with van der Waals surface area (Å²) in [6, 6.07) is 11.7. The predicted octanol–water partition coefficient (Wildman–Crippen LogP) is 6.66. The number of rotatable bonds is 3. The van der Waals surface area contributed by atoms with E-state index in [4.69, 9.17) is 14.5 Å². The lowest BCUT2D eigenvalue weighted by atomic mass is 9.78. The van der Waals surface area contributed by atoms with Crippen LogP contribution in [0.25, 0.3) is 11.3 Å². The number of carbonyl (C=O) groups excluding carboxylic acids is 1. The topological polar surface area (TPSA) is 71.9 Å². The summed E-state index contributed by atoms with van der Waals surface area (Å²) < 4.78 is 11.7. The first-order valence-electron chi connectivity index (χ1n) is 13.4. The van der Waals surface area contributed by atoms with Crippen molar-refractivity contribution in [2.45, 2.75) is 77.2 Å². The third-order valence-corrected chi connectivity index (χ3v) is 8.49. The van der Waals surface area contributed by atoms with Gasteiger partial charge in [0.05, 0.1) is 10.7 Å². The zero-order valence-electron chi connectivity index (χ0n) is 23.2. The SMILES string of the molecule is CC(C)(C)c1cc(-c2csc(C3CCN(C(=O)C4COc5ccccc5O4)CC3)n2)cc(C(C)(C)C)c1O. The number of para-hydroxylation sites is 2. The normalized spacial score (nSPS) is 18.5. The molecule has 0 aliphatic carbocycles. The van der Waals surface area contributed by atoms with E-state index in [9.17, 15) is 9.90 Å². The molecule has 0 saturated carbocycles. The van der Waals surface area contributed by atoms with Gasteiger partial charge in [-0.05, 0) is 47.9 Å². The smallest absolute Gasteiger partial charge is 0.267 e. The number of benzene rings is 2. The summed E-state index contributed by atoms with van der Waals surface area (Å²) in [5.41, 5.74) is 3.50. The fourth-order valence-electron chi connectivity index (χ4n) is 5.23. The molecule has 3 heterocycles. The summed E-state index contributed by atoms with van der Waals surface area (Å²) in [5.74, 6) is 2.01. The number of phenolic OH excluding ortho intramolecular Hbond substituents is 1. The molecule has 1 atom stereocenters. The highest BCUT2D eigenvalue weighted by atomic mass is 32.1. The van der Waals surface area contributed by atoms with Crippen LogP contribution >= 0.6 is 11.3 Å². The molecule has 38 heavy (non-hydrogen) atoms. The van der Waals surface area contributed by atoms with E-state index in [-0.39, 0.29) is 23.3 Å². The zero-order valence-corrected chi connectivity index (χ0v) is 24.0. The molecular weight excluding hydrogens is 496 g/mol. The first-order valence-corrected chi connectivity index (χ1v) is 14.3. The summed E-state index contributed by atoms with van der Waals surface area (Å²) >= 11 is 1.69. The van der Waals surface area contributed by atoms with Crippen LogP contribution in [0.4, 0.5) is 0 Å². The minimum atomic E-state index is -0.601. The van der Waals surface area contributed by atoms with Crippen molar-refractivity contribution in [1.82, 2.24) is 9.88 Å². The molecule has 6 nitrogen and oxygen atoms in total. The Morgan fingerprint density at radius 3 is 2.21 bits per heavy atom. The maximum atomic E-state index is 13.1. The van der Waals surface area contributed by atoms with Gasteiger partial charge in [-0.25, -0.2) is 4.98 Å². The van der Waals surface area contributed by atoms with Crippen LogP contribution in [0.3, 0.4) is 0 Å². The molecule has 0 radical (unpaired) electrons. The van der Waals surface area contributed by atoms with Gasteiger partial charge in [0.15, 0.2) is 11.5 Å². The second-order valence-electron chi connectivity index (χ2n) is 12.5. The van der Waals surface area contributed by atoms with E-state index in [0.29, 0.717) is 36.3 Å². The molecule has 2 aliphatic heterocycles. The molecule has 3 aromatic rings. The fourth-order valence-corrected chi connectivity index (χ4v) is 6.23. The van der Waals surface area contributed by atoms with Gasteiger partial charge in [0.25, 0.3) is 5.91 Å². The Bertz CT molecular complexity index is 1290. The monoisotopic (exact) mass is 534 g/mol. The van der Waals surface area contributed by atoms with Crippen LogP contribution in [0.5, 0.6) is 17.2 Å². The molecule has 1 aromatic heterocycles. The van der Waals surface area contributed by atoms with Crippen LogP contribution in [-0.2, 0) is 15.6 Å². The maximum absolute atomic E-state index is 13.1. The first kappa shape index (κ1) is 26.5. The number of likely N-dealkylation sites (tertiary alicyclic amines) is 1. The highest BCUT2D eigenvalue weighted by Crippen LogP contribution is 2.43. The number of phenols is 1. The summed E-state index contributed by atoms with van der Waals surface area (Å²) in [5, 5.41) is 14.3. The summed E-state index contributed by atoms with van der Waals surface area (Å²) in [6.07, 6.45) is 1.15. The van der Waals surface area contributed by atoms with Crippen molar-refractivity contribution in [3.63, 3.8) is 0 Å². The highest BCUT2D eigenvalue weighted by Gasteiger charge is 2.34. The Hall–Kier alpha value is -3.06. The quantitative estimate of drug-likeness (QED) is 0.407. The van der Waals surface area contributed by atoms with E-state index in [2.05, 4.69) is 59.1 Å². The maximum Gasteiger partial charge on any atom is 0.267 e. The van der Waals surface area contributed by atoms with Crippen LogP contribution in [-0.4, -0.2) is 46.7 Å². The van der Waals surface area contributed by atoms with Gasteiger partial charge in [-0.15, -0.1) is 11.3 Å². The third kappa shape index (κ3) is 5.26. The number of carbonyl (C=O) groups is 1. The molecular formula is C31H38N2O4S. The molecule has 1 fully saturated rings. The van der Waals surface area contributed by atoms with E-state index in [1.54, 1.807) is 11.3 Å². The third-order valence-electron chi connectivity index (χ3n) is 7.48. The number of nitrogens with zero attached hydrogens (tertiary/aromatic N) is 2. The van der Waals surface area contributed by atoms with Crippen LogP contribution in [0.15, 0.2) is 41.8 Å². The molecule has 1 N–H and O–H groups in total. The Labute approximate surface area is 229 Å². The second kappa shape index (κ2) is 9.92. The van der Waals surface area contributed by atoms with Crippen molar-refractivity contribution in [2.75, 3.05) is 19.7 Å². The number of hydrogen-bond acceptors (Lipinski definition) is 6. The molecule has 2 aromatic carbocycles. The largest absolute Gasteiger partial charge is 0.507 e.